The van der Waals surface area contributed by atoms with E-state index < -0.39 is 0 Å². The van der Waals surface area contributed by atoms with Gasteiger partial charge in [0.1, 0.15) is 0 Å². The van der Waals surface area contributed by atoms with Crippen LogP contribution in [0, 0.1) is 6.92 Å². The first-order valence-corrected chi connectivity index (χ1v) is 6.49. The second-order valence-corrected chi connectivity index (χ2v) is 5.73. The highest BCUT2D eigenvalue weighted by Crippen LogP contribution is 2.31. The van der Waals surface area contributed by atoms with E-state index in [2.05, 4.69) is 9.88 Å². The summed E-state index contributed by atoms with van der Waals surface area (Å²) in [6.45, 7) is 6.45. The molecule has 3 heterocycles. The van der Waals surface area contributed by atoms with Crippen molar-refractivity contribution in [2.75, 3.05) is 26.3 Å². The van der Waals surface area contributed by atoms with Gasteiger partial charge < -0.3 is 9.47 Å². The van der Waals surface area contributed by atoms with E-state index in [-0.39, 0.29) is 5.79 Å². The maximum Gasteiger partial charge on any atom is 0.182 e. The Balaban J connectivity index is 1.61. The molecule has 2 saturated heterocycles. The topological polar surface area (TPSA) is 34.6 Å². The van der Waals surface area contributed by atoms with Crippen molar-refractivity contribution in [3.05, 3.63) is 16.1 Å². The lowest BCUT2D eigenvalue weighted by molar-refractivity contribution is -0.145. The summed E-state index contributed by atoms with van der Waals surface area (Å²) in [6, 6.07) is 0. The average molecular weight is 240 g/mol. The van der Waals surface area contributed by atoms with Gasteiger partial charge in [-0.05, 0) is 6.92 Å². The minimum Gasteiger partial charge on any atom is -0.346 e. The van der Waals surface area contributed by atoms with Gasteiger partial charge in [0.05, 0.1) is 24.8 Å². The summed E-state index contributed by atoms with van der Waals surface area (Å²) < 4.78 is 11.4. The standard InChI is InChI=1S/C11H16N2O2S/c1-9-12-6-10(16-9)7-13-3-2-11(8-13)14-4-5-15-11/h6H,2-5,7-8H2,1H3. The number of aromatic nitrogens is 1. The van der Waals surface area contributed by atoms with E-state index in [1.54, 1.807) is 11.3 Å². The highest BCUT2D eigenvalue weighted by molar-refractivity contribution is 7.11. The second kappa shape index (κ2) is 4.07. The Kier molecular flexibility index (Phi) is 2.71. The van der Waals surface area contributed by atoms with Crippen LogP contribution >= 0.6 is 11.3 Å². The maximum absolute atomic E-state index is 5.70. The second-order valence-electron chi connectivity index (χ2n) is 4.41. The molecule has 1 spiro atoms. The lowest BCUT2D eigenvalue weighted by Gasteiger charge is -2.21. The summed E-state index contributed by atoms with van der Waals surface area (Å²) in [4.78, 5) is 7.99. The van der Waals surface area contributed by atoms with Crippen molar-refractivity contribution >= 4 is 11.3 Å². The number of ether oxygens (including phenoxy) is 2. The molecule has 4 nitrogen and oxygen atoms in total. The summed E-state index contributed by atoms with van der Waals surface area (Å²) in [5.74, 6) is -0.292. The summed E-state index contributed by atoms with van der Waals surface area (Å²) in [5, 5.41) is 1.14. The summed E-state index contributed by atoms with van der Waals surface area (Å²) >= 11 is 1.77. The van der Waals surface area contributed by atoms with Gasteiger partial charge >= 0.3 is 0 Å². The van der Waals surface area contributed by atoms with E-state index in [9.17, 15) is 0 Å². The van der Waals surface area contributed by atoms with Crippen molar-refractivity contribution in [3.63, 3.8) is 0 Å². The number of nitrogens with zero attached hydrogens (tertiary/aromatic N) is 2. The zero-order valence-corrected chi connectivity index (χ0v) is 10.3. The van der Waals surface area contributed by atoms with Crippen LogP contribution in [0.15, 0.2) is 6.20 Å². The molecule has 1 aromatic heterocycles. The molecule has 16 heavy (non-hydrogen) atoms. The molecular weight excluding hydrogens is 224 g/mol. The van der Waals surface area contributed by atoms with Crippen molar-refractivity contribution in [2.45, 2.75) is 25.7 Å². The summed E-state index contributed by atoms with van der Waals surface area (Å²) in [7, 11) is 0. The molecule has 0 bridgehead atoms. The molecule has 3 rings (SSSR count). The highest BCUT2D eigenvalue weighted by atomic mass is 32.1. The van der Waals surface area contributed by atoms with Gasteiger partial charge in [0, 0.05) is 30.6 Å². The fourth-order valence-corrected chi connectivity index (χ4v) is 3.23. The molecule has 2 aliphatic rings. The van der Waals surface area contributed by atoms with Crippen LogP contribution in [0.25, 0.3) is 0 Å². The molecule has 1 aromatic rings. The molecule has 88 valence electrons. The van der Waals surface area contributed by atoms with Crippen LogP contribution in [-0.2, 0) is 16.0 Å². The number of rotatable bonds is 2. The normalized spacial score (nSPS) is 24.6. The van der Waals surface area contributed by atoms with E-state index in [1.807, 2.05) is 13.1 Å². The molecule has 0 N–H and O–H groups in total. The molecule has 0 amide bonds. The molecule has 5 heteroatoms. The summed E-state index contributed by atoms with van der Waals surface area (Å²) in [6.07, 6.45) is 2.96. The number of thiazole rings is 1. The largest absolute Gasteiger partial charge is 0.346 e. The van der Waals surface area contributed by atoms with E-state index in [4.69, 9.17) is 9.47 Å². The maximum atomic E-state index is 5.70. The van der Waals surface area contributed by atoms with Crippen LogP contribution in [0.5, 0.6) is 0 Å². The first kappa shape index (κ1) is 10.7. The minimum absolute atomic E-state index is 0.292. The third-order valence-electron chi connectivity index (χ3n) is 3.14. The van der Waals surface area contributed by atoms with Crippen molar-refractivity contribution in [1.82, 2.24) is 9.88 Å². The molecular formula is C11H16N2O2S. The van der Waals surface area contributed by atoms with Gasteiger partial charge in [-0.25, -0.2) is 4.98 Å². The van der Waals surface area contributed by atoms with Crippen LogP contribution in [0.2, 0.25) is 0 Å². The van der Waals surface area contributed by atoms with Crippen molar-refractivity contribution in [1.29, 1.82) is 0 Å². The Hall–Kier alpha value is -0.490. The third-order valence-corrected chi connectivity index (χ3v) is 4.03. The van der Waals surface area contributed by atoms with E-state index in [1.165, 1.54) is 4.88 Å². The first-order chi connectivity index (χ1) is 7.76. The molecule has 2 aliphatic heterocycles. The van der Waals surface area contributed by atoms with E-state index >= 15 is 0 Å². The molecule has 0 aliphatic carbocycles. The van der Waals surface area contributed by atoms with Crippen LogP contribution < -0.4 is 0 Å². The first-order valence-electron chi connectivity index (χ1n) is 5.67. The molecule has 0 atom stereocenters. The fourth-order valence-electron chi connectivity index (χ4n) is 2.39. The molecule has 0 saturated carbocycles. The molecule has 0 unspecified atom stereocenters. The average Bonchev–Trinajstić information content (AvgIpc) is 2.94. The Morgan fingerprint density at radius 1 is 1.50 bits per heavy atom. The van der Waals surface area contributed by atoms with Gasteiger partial charge in [0.15, 0.2) is 5.79 Å². The van der Waals surface area contributed by atoms with E-state index in [0.717, 1.165) is 44.3 Å². The SMILES string of the molecule is Cc1ncc(CN2CCC3(C2)OCCO3)s1. The number of aryl methyl sites for hydroxylation is 1. The van der Waals surface area contributed by atoms with Gasteiger partial charge in [0.2, 0.25) is 0 Å². The monoisotopic (exact) mass is 240 g/mol. The van der Waals surface area contributed by atoms with Crippen molar-refractivity contribution in [2.24, 2.45) is 0 Å². The van der Waals surface area contributed by atoms with Crippen molar-refractivity contribution in [3.8, 4) is 0 Å². The Morgan fingerprint density at radius 3 is 3.00 bits per heavy atom. The number of hydrogen-bond donors (Lipinski definition) is 0. The zero-order valence-electron chi connectivity index (χ0n) is 9.44. The predicted octanol–water partition coefficient (Wildman–Crippen LogP) is 1.40. The van der Waals surface area contributed by atoms with Crippen LogP contribution in [-0.4, -0.2) is 42.0 Å². The van der Waals surface area contributed by atoms with Crippen LogP contribution in [0.4, 0.5) is 0 Å². The van der Waals surface area contributed by atoms with Gasteiger partial charge in [-0.1, -0.05) is 0 Å². The summed E-state index contributed by atoms with van der Waals surface area (Å²) in [5.41, 5.74) is 0. The smallest absolute Gasteiger partial charge is 0.182 e. The number of hydrogen-bond acceptors (Lipinski definition) is 5. The predicted molar refractivity (Wildman–Crippen MR) is 61.4 cm³/mol. The van der Waals surface area contributed by atoms with Crippen LogP contribution in [0.1, 0.15) is 16.3 Å². The minimum atomic E-state index is -0.292. The third kappa shape index (κ3) is 2.00. The van der Waals surface area contributed by atoms with Gasteiger partial charge in [-0.3, -0.25) is 4.90 Å². The Labute approximate surface area is 99.2 Å². The molecule has 0 radical (unpaired) electrons. The van der Waals surface area contributed by atoms with Gasteiger partial charge in [0.25, 0.3) is 0 Å². The fraction of sp³-hybridized carbons (Fsp3) is 0.727. The lowest BCUT2D eigenvalue weighted by Crippen LogP contribution is -2.33. The van der Waals surface area contributed by atoms with Gasteiger partial charge in [-0.2, -0.15) is 0 Å². The zero-order chi connectivity index (χ0) is 11.0. The Morgan fingerprint density at radius 2 is 2.31 bits per heavy atom. The molecule has 2 fully saturated rings. The highest BCUT2D eigenvalue weighted by Gasteiger charge is 2.43. The van der Waals surface area contributed by atoms with Crippen molar-refractivity contribution < 1.29 is 9.47 Å². The number of likely N-dealkylation sites (tertiary alicyclic amines) is 1. The lowest BCUT2D eigenvalue weighted by atomic mass is 10.2. The quantitative estimate of drug-likeness (QED) is 0.782. The van der Waals surface area contributed by atoms with E-state index in [0.29, 0.717) is 0 Å². The van der Waals surface area contributed by atoms with Crippen LogP contribution in [0.3, 0.4) is 0 Å². The molecule has 0 aromatic carbocycles. The van der Waals surface area contributed by atoms with Gasteiger partial charge in [-0.15, -0.1) is 11.3 Å². The Bertz CT molecular complexity index is 374.